The first-order chi connectivity index (χ1) is 9.48. The predicted octanol–water partition coefficient (Wildman–Crippen LogP) is 2.74. The van der Waals surface area contributed by atoms with Crippen LogP contribution < -0.4 is 0 Å². The van der Waals surface area contributed by atoms with Crippen LogP contribution in [0.5, 0.6) is 0 Å². The van der Waals surface area contributed by atoms with Crippen LogP contribution in [-0.4, -0.2) is 46.2 Å². The molecule has 2 aliphatic rings. The summed E-state index contributed by atoms with van der Waals surface area (Å²) in [6, 6.07) is -0.987. The minimum absolute atomic E-state index is 0.173. The Morgan fingerprint density at radius 1 is 1.24 bits per heavy atom. The second-order valence-electron chi connectivity index (χ2n) is 7.01. The van der Waals surface area contributed by atoms with Crippen molar-refractivity contribution in [2.24, 2.45) is 11.8 Å². The lowest BCUT2D eigenvalue weighted by Gasteiger charge is -2.38. The number of rotatable bonds is 2. The van der Waals surface area contributed by atoms with E-state index in [1.54, 1.807) is 20.8 Å². The quantitative estimate of drug-likeness (QED) is 0.852. The van der Waals surface area contributed by atoms with E-state index in [1.165, 1.54) is 0 Å². The van der Waals surface area contributed by atoms with E-state index in [2.05, 4.69) is 0 Å². The third-order valence-electron chi connectivity index (χ3n) is 4.03. The van der Waals surface area contributed by atoms with Crippen LogP contribution in [0.25, 0.3) is 0 Å². The van der Waals surface area contributed by atoms with Gasteiger partial charge in [-0.3, -0.25) is 4.90 Å². The number of nitrogens with zero attached hydrogens (tertiary/aromatic N) is 1. The molecule has 1 unspecified atom stereocenters. The largest absolute Gasteiger partial charge is 0.480 e. The van der Waals surface area contributed by atoms with Gasteiger partial charge in [0.05, 0.1) is 0 Å². The number of hydrogen-bond donors (Lipinski definition) is 1. The Kier molecular flexibility index (Phi) is 3.88. The zero-order chi connectivity index (χ0) is 16.0. The number of halogens is 2. The second kappa shape index (κ2) is 5.10. The Labute approximate surface area is 122 Å². The summed E-state index contributed by atoms with van der Waals surface area (Å²) in [6.07, 6.45) is -0.906. The number of carboxylic acid groups (broad SMARTS) is 1. The van der Waals surface area contributed by atoms with Crippen molar-refractivity contribution in [2.75, 3.05) is 6.54 Å². The summed E-state index contributed by atoms with van der Waals surface area (Å²) in [6.45, 7) is 5.26. The maximum absolute atomic E-state index is 13.0. The smallest absolute Gasteiger partial charge is 0.411 e. The van der Waals surface area contributed by atoms with Crippen LogP contribution in [0, 0.1) is 11.8 Å². The van der Waals surface area contributed by atoms with Gasteiger partial charge in [0.2, 0.25) is 5.92 Å². The third-order valence-corrected chi connectivity index (χ3v) is 4.03. The number of carbonyl (C=O) groups is 2. The Morgan fingerprint density at radius 3 is 2.24 bits per heavy atom. The lowest BCUT2D eigenvalue weighted by Crippen LogP contribution is -2.44. The number of carbonyl (C=O) groups excluding carboxylic acids is 1. The molecule has 2 atom stereocenters. The fourth-order valence-corrected chi connectivity index (χ4v) is 3.01. The molecule has 21 heavy (non-hydrogen) atoms. The van der Waals surface area contributed by atoms with Crippen LogP contribution in [0.2, 0.25) is 0 Å². The van der Waals surface area contributed by atoms with Crippen molar-refractivity contribution in [3.8, 4) is 0 Å². The van der Waals surface area contributed by atoms with E-state index in [0.717, 1.165) is 4.90 Å². The van der Waals surface area contributed by atoms with Crippen molar-refractivity contribution in [2.45, 2.75) is 57.6 Å². The molecule has 1 heterocycles. The van der Waals surface area contributed by atoms with Gasteiger partial charge in [0.25, 0.3) is 0 Å². The second-order valence-corrected chi connectivity index (χ2v) is 7.01. The zero-order valence-electron chi connectivity index (χ0n) is 12.4. The number of alkyl halides is 2. The fraction of sp³-hybridized carbons (Fsp3) is 0.857. The molecule has 2 rings (SSSR count). The van der Waals surface area contributed by atoms with Crippen LogP contribution in [0.1, 0.15) is 40.0 Å². The van der Waals surface area contributed by atoms with Gasteiger partial charge in [-0.05, 0) is 39.0 Å². The fourth-order valence-electron chi connectivity index (χ4n) is 3.01. The monoisotopic (exact) mass is 305 g/mol. The Bertz CT molecular complexity index is 439. The Morgan fingerprint density at radius 2 is 1.81 bits per heavy atom. The van der Waals surface area contributed by atoms with Gasteiger partial charge in [-0.1, -0.05) is 0 Å². The lowest BCUT2D eigenvalue weighted by molar-refractivity contribution is -0.142. The third kappa shape index (κ3) is 3.63. The number of likely N-dealkylation sites (tertiary alicyclic amines) is 1. The average Bonchev–Trinajstić information content (AvgIpc) is 2.67. The summed E-state index contributed by atoms with van der Waals surface area (Å²) in [4.78, 5) is 24.5. The van der Waals surface area contributed by atoms with Crippen LogP contribution in [0.3, 0.4) is 0 Å². The highest BCUT2D eigenvalue weighted by Crippen LogP contribution is 2.49. The maximum atomic E-state index is 13.0. The normalized spacial score (nSPS) is 29.1. The Hall–Kier alpha value is -1.40. The first-order valence-corrected chi connectivity index (χ1v) is 7.09. The summed E-state index contributed by atoms with van der Waals surface area (Å²) >= 11 is 0. The van der Waals surface area contributed by atoms with Crippen molar-refractivity contribution in [3.63, 3.8) is 0 Å². The predicted molar refractivity (Wildman–Crippen MR) is 70.1 cm³/mol. The van der Waals surface area contributed by atoms with Gasteiger partial charge in [-0.25, -0.2) is 18.4 Å². The van der Waals surface area contributed by atoms with Crippen molar-refractivity contribution >= 4 is 12.1 Å². The van der Waals surface area contributed by atoms with Crippen LogP contribution in [0.4, 0.5) is 13.6 Å². The number of carboxylic acids is 1. The minimum Gasteiger partial charge on any atom is -0.480 e. The molecule has 7 heteroatoms. The molecule has 0 aromatic heterocycles. The SMILES string of the molecule is CC(C)(C)OC(=O)N1CC(C2CC(F)(F)C2)C[C@H]1C(=O)O. The molecule has 0 radical (unpaired) electrons. The van der Waals surface area contributed by atoms with E-state index >= 15 is 0 Å². The highest BCUT2D eigenvalue weighted by Gasteiger charge is 2.53. The van der Waals surface area contributed by atoms with Crippen LogP contribution >= 0.6 is 0 Å². The molecular weight excluding hydrogens is 284 g/mol. The number of amides is 1. The molecule has 1 N–H and O–H groups in total. The van der Waals surface area contributed by atoms with Crippen molar-refractivity contribution < 1.29 is 28.2 Å². The average molecular weight is 305 g/mol. The summed E-state index contributed by atoms with van der Waals surface area (Å²) in [5.41, 5.74) is -0.721. The molecule has 1 saturated carbocycles. The van der Waals surface area contributed by atoms with Crippen molar-refractivity contribution in [3.05, 3.63) is 0 Å². The molecule has 1 saturated heterocycles. The highest BCUT2D eigenvalue weighted by atomic mass is 19.3. The van der Waals surface area contributed by atoms with E-state index in [9.17, 15) is 23.5 Å². The molecule has 0 aromatic carbocycles. The standard InChI is InChI=1S/C14H21F2NO4/c1-13(2,3)21-12(20)17-7-8(4-10(17)11(18)19)9-5-14(15,16)6-9/h8-10H,4-7H2,1-3H3,(H,18,19)/t8?,10-/m0/s1. The molecule has 1 aliphatic carbocycles. The number of hydrogen-bond acceptors (Lipinski definition) is 3. The Balaban J connectivity index is 2.03. The summed E-state index contributed by atoms with van der Waals surface area (Å²) in [5, 5.41) is 9.23. The summed E-state index contributed by atoms with van der Waals surface area (Å²) in [7, 11) is 0. The van der Waals surface area contributed by atoms with Crippen molar-refractivity contribution in [1.29, 1.82) is 0 Å². The molecule has 2 fully saturated rings. The summed E-state index contributed by atoms with van der Waals surface area (Å²) < 4.78 is 31.1. The van der Waals surface area contributed by atoms with E-state index in [1.807, 2.05) is 0 Å². The van der Waals surface area contributed by atoms with Gasteiger partial charge in [0.15, 0.2) is 0 Å². The summed E-state index contributed by atoms with van der Waals surface area (Å²) in [5.74, 6) is -4.16. The lowest BCUT2D eigenvalue weighted by atomic mass is 9.72. The molecule has 120 valence electrons. The molecule has 0 aromatic rings. The van der Waals surface area contributed by atoms with Gasteiger partial charge in [-0.15, -0.1) is 0 Å². The van der Waals surface area contributed by atoms with Gasteiger partial charge >= 0.3 is 12.1 Å². The molecule has 1 aliphatic heterocycles. The van der Waals surface area contributed by atoms with Gasteiger partial charge < -0.3 is 9.84 Å². The first kappa shape index (κ1) is 16.0. The zero-order valence-corrected chi connectivity index (χ0v) is 12.4. The first-order valence-electron chi connectivity index (χ1n) is 7.09. The maximum Gasteiger partial charge on any atom is 0.411 e. The van der Waals surface area contributed by atoms with Crippen molar-refractivity contribution in [1.82, 2.24) is 4.90 Å². The van der Waals surface area contributed by atoms with Gasteiger partial charge in [-0.2, -0.15) is 0 Å². The van der Waals surface area contributed by atoms with Gasteiger partial charge in [0.1, 0.15) is 11.6 Å². The topological polar surface area (TPSA) is 66.8 Å². The van der Waals surface area contributed by atoms with E-state index in [-0.39, 0.29) is 37.6 Å². The molecule has 1 amide bonds. The van der Waals surface area contributed by atoms with E-state index in [4.69, 9.17) is 4.74 Å². The molecular formula is C14H21F2NO4. The number of ether oxygens (including phenoxy) is 1. The molecule has 0 bridgehead atoms. The van der Waals surface area contributed by atoms with Gasteiger partial charge in [0, 0.05) is 19.4 Å². The highest BCUT2D eigenvalue weighted by molar-refractivity contribution is 5.81. The molecule has 5 nitrogen and oxygen atoms in total. The van der Waals surface area contributed by atoms with Crippen LogP contribution in [0.15, 0.2) is 0 Å². The number of aliphatic carboxylic acids is 1. The minimum atomic E-state index is -2.64. The van der Waals surface area contributed by atoms with Crippen LogP contribution in [-0.2, 0) is 9.53 Å². The van der Waals surface area contributed by atoms with E-state index in [0.29, 0.717) is 0 Å². The molecule has 0 spiro atoms. The van der Waals surface area contributed by atoms with E-state index < -0.39 is 29.6 Å².